The molecule has 0 radical (unpaired) electrons. The molecule has 228 valence electrons. The summed E-state index contributed by atoms with van der Waals surface area (Å²) < 4.78 is 110. The van der Waals surface area contributed by atoms with Gasteiger partial charge in [0.1, 0.15) is 11.2 Å². The van der Waals surface area contributed by atoms with Crippen LogP contribution >= 0.6 is 0 Å². The first-order valence-electron chi connectivity index (χ1n) is 21.4. The van der Waals surface area contributed by atoms with Gasteiger partial charge >= 0.3 is 0 Å². The van der Waals surface area contributed by atoms with Gasteiger partial charge in [-0.15, -0.1) is 0 Å². The zero-order chi connectivity index (χ0) is 42.8. The predicted molar refractivity (Wildman–Crippen MR) is 201 cm³/mol. The molecule has 0 spiro atoms. The first kappa shape index (κ1) is 18.0. The number of fused-ring (bicyclic) bond motifs is 9. The molecular formula is C45H27N3O. The summed E-state index contributed by atoms with van der Waals surface area (Å²) in [6.07, 6.45) is 0. The average molecular weight is 638 g/mol. The summed E-state index contributed by atoms with van der Waals surface area (Å²) >= 11 is 0. The van der Waals surface area contributed by atoms with Gasteiger partial charge in [0.2, 0.25) is 0 Å². The molecule has 0 aliphatic carbocycles. The van der Waals surface area contributed by atoms with Gasteiger partial charge in [0.05, 0.1) is 16.4 Å². The highest BCUT2D eigenvalue weighted by atomic mass is 16.3. The van der Waals surface area contributed by atoms with Gasteiger partial charge in [-0.25, -0.2) is 15.0 Å². The lowest BCUT2D eigenvalue weighted by Crippen LogP contribution is -2.00. The van der Waals surface area contributed by atoms with Crippen LogP contribution in [0.3, 0.4) is 0 Å². The molecule has 8 aromatic carbocycles. The third-order valence-corrected chi connectivity index (χ3v) is 8.64. The van der Waals surface area contributed by atoms with Crippen molar-refractivity contribution < 1.29 is 20.9 Å². The summed E-state index contributed by atoms with van der Waals surface area (Å²) in [7, 11) is 0. The third-order valence-electron chi connectivity index (χ3n) is 8.64. The number of benzene rings is 8. The Kier molecular flexibility index (Phi) is 4.04. The maximum absolute atomic E-state index is 9.55. The van der Waals surface area contributed by atoms with E-state index in [1.165, 1.54) is 18.2 Å². The lowest BCUT2D eigenvalue weighted by Gasteiger charge is -2.12. The maximum atomic E-state index is 9.55. The molecule has 0 aliphatic rings. The fraction of sp³-hybridized carbons (Fsp3) is 0. The molecule has 0 bridgehead atoms. The van der Waals surface area contributed by atoms with Crippen molar-refractivity contribution >= 4 is 54.3 Å². The molecule has 0 saturated heterocycles. The number of furan rings is 1. The largest absolute Gasteiger partial charge is 0.456 e. The lowest BCUT2D eigenvalue weighted by atomic mass is 9.92. The topological polar surface area (TPSA) is 51.8 Å². The van der Waals surface area contributed by atoms with E-state index in [4.69, 9.17) is 23.1 Å². The van der Waals surface area contributed by atoms with Gasteiger partial charge in [0, 0.05) is 27.5 Å². The van der Waals surface area contributed by atoms with Crippen molar-refractivity contribution in [3.05, 3.63) is 164 Å². The second kappa shape index (κ2) is 11.0. The highest BCUT2D eigenvalue weighted by molar-refractivity contribution is 6.25. The fourth-order valence-corrected chi connectivity index (χ4v) is 6.34. The summed E-state index contributed by atoms with van der Waals surface area (Å²) in [6.45, 7) is 0. The van der Waals surface area contributed by atoms with Crippen molar-refractivity contribution in [2.45, 2.75) is 0 Å². The minimum Gasteiger partial charge on any atom is -0.456 e. The normalized spacial score (nSPS) is 15.1. The van der Waals surface area contributed by atoms with Crippen LogP contribution in [0, 0.1) is 0 Å². The minimum atomic E-state index is -0.530. The molecule has 0 fully saturated rings. The second-order valence-corrected chi connectivity index (χ2v) is 11.5. The van der Waals surface area contributed by atoms with Gasteiger partial charge < -0.3 is 4.42 Å². The lowest BCUT2D eigenvalue weighted by molar-refractivity contribution is 0.669. The van der Waals surface area contributed by atoms with Crippen molar-refractivity contribution in [1.29, 1.82) is 0 Å². The number of nitrogens with zero attached hydrogens (tertiary/aromatic N) is 3. The molecule has 0 unspecified atom stereocenters. The monoisotopic (exact) mass is 637 g/mol. The van der Waals surface area contributed by atoms with E-state index >= 15 is 0 Å². The number of hydrogen-bond donors (Lipinski definition) is 0. The Balaban J connectivity index is 1.15. The quantitative estimate of drug-likeness (QED) is 0.180. The Labute approximate surface area is 298 Å². The molecule has 0 aliphatic heterocycles. The SMILES string of the molecule is [2H]c1cc2c(cc1[2H])c1c([2H])c([2H])cc([2H])c1c1c([2H])c(-c3ccc4c(c3)oc3ccc(-c5nc(-c6ccccc6)nc(-c6c([2H])c([2H])c([2H])c([2H])c6[2H])n5)cc34)c([2H])cc21. The molecule has 2 heterocycles. The Morgan fingerprint density at radius 1 is 0.367 bits per heavy atom. The molecule has 0 atom stereocenters. The number of hydrogen-bond acceptors (Lipinski definition) is 4. The average Bonchev–Trinajstić information content (AvgIpc) is 3.62. The maximum Gasteiger partial charge on any atom is 0.164 e. The smallest absolute Gasteiger partial charge is 0.164 e. The van der Waals surface area contributed by atoms with E-state index in [1.807, 2.05) is 30.3 Å². The molecule has 4 heteroatoms. The molecule has 4 nitrogen and oxygen atoms in total. The van der Waals surface area contributed by atoms with Gasteiger partial charge in [-0.1, -0.05) is 127 Å². The summed E-state index contributed by atoms with van der Waals surface area (Å²) in [5.41, 5.74) is 2.70. The minimum absolute atomic E-state index is 0.00564. The highest BCUT2D eigenvalue weighted by Gasteiger charge is 2.16. The van der Waals surface area contributed by atoms with Crippen LogP contribution in [0.25, 0.3) is 99.5 Å². The molecule has 49 heavy (non-hydrogen) atoms. The van der Waals surface area contributed by atoms with Crippen LogP contribution < -0.4 is 0 Å². The van der Waals surface area contributed by atoms with E-state index in [1.54, 1.807) is 42.5 Å². The van der Waals surface area contributed by atoms with Gasteiger partial charge in [-0.3, -0.25) is 0 Å². The third kappa shape index (κ3) is 4.57. The van der Waals surface area contributed by atoms with Crippen LogP contribution in [-0.2, 0) is 0 Å². The Morgan fingerprint density at radius 3 is 1.92 bits per heavy atom. The molecule has 2 aromatic heterocycles. The Hall–Kier alpha value is -6.65. The summed E-state index contributed by atoms with van der Waals surface area (Å²) in [4.78, 5) is 14.0. The predicted octanol–water partition coefficient (Wildman–Crippen LogP) is 11.9. The van der Waals surface area contributed by atoms with Gasteiger partial charge in [0.15, 0.2) is 17.5 Å². The standard InChI is InChI=1S/C45H27N3O/c1-3-11-28(12-4-1)43-46-44(29-13-5-2-6-14-29)48-45(47-43)32-21-24-41-40(26-32)38-23-20-31(27-42(38)49-41)30-19-22-37-35-17-8-7-15-33(35)34-16-9-10-18-36(34)39(37)25-30/h1-27H/i1D,3D,4D,7D,8D,9D,11D,12D,16D,18D,19D,25D. The fourth-order valence-electron chi connectivity index (χ4n) is 6.34. The van der Waals surface area contributed by atoms with E-state index in [-0.39, 0.29) is 81.7 Å². The van der Waals surface area contributed by atoms with Gasteiger partial charge in [-0.2, -0.15) is 0 Å². The number of rotatable bonds is 4. The summed E-state index contributed by atoms with van der Waals surface area (Å²) in [6, 6.07) is 22.4. The summed E-state index contributed by atoms with van der Waals surface area (Å²) in [5, 5.41) is 3.47. The van der Waals surface area contributed by atoms with Crippen LogP contribution in [0.5, 0.6) is 0 Å². The van der Waals surface area contributed by atoms with Crippen molar-refractivity contribution in [3.8, 4) is 45.3 Å². The van der Waals surface area contributed by atoms with Gasteiger partial charge in [0.25, 0.3) is 0 Å². The van der Waals surface area contributed by atoms with E-state index in [2.05, 4.69) is 9.97 Å². The van der Waals surface area contributed by atoms with Crippen LogP contribution in [-0.4, -0.2) is 15.0 Å². The Bertz CT molecular complexity index is 3550. The van der Waals surface area contributed by atoms with Crippen LogP contribution in [0.1, 0.15) is 16.4 Å². The molecular weight excluding hydrogens is 599 g/mol. The van der Waals surface area contributed by atoms with Crippen molar-refractivity contribution in [2.75, 3.05) is 0 Å². The molecule has 10 aromatic rings. The van der Waals surface area contributed by atoms with Crippen LogP contribution in [0.4, 0.5) is 0 Å². The zero-order valence-corrected chi connectivity index (χ0v) is 25.4. The van der Waals surface area contributed by atoms with E-state index in [0.29, 0.717) is 60.2 Å². The molecule has 0 amide bonds. The number of aromatic nitrogens is 3. The van der Waals surface area contributed by atoms with E-state index < -0.39 is 30.2 Å². The second-order valence-electron chi connectivity index (χ2n) is 11.5. The van der Waals surface area contributed by atoms with Crippen LogP contribution in [0.15, 0.2) is 168 Å². The highest BCUT2D eigenvalue weighted by Crippen LogP contribution is 2.39. The Morgan fingerprint density at radius 2 is 1.08 bits per heavy atom. The zero-order valence-electron chi connectivity index (χ0n) is 37.4. The van der Waals surface area contributed by atoms with Crippen molar-refractivity contribution in [3.63, 3.8) is 0 Å². The first-order valence-corrected chi connectivity index (χ1v) is 15.4. The first-order chi connectivity index (χ1) is 29.2. The van der Waals surface area contributed by atoms with Crippen LogP contribution in [0.2, 0.25) is 0 Å². The van der Waals surface area contributed by atoms with Crippen molar-refractivity contribution in [1.82, 2.24) is 15.0 Å². The van der Waals surface area contributed by atoms with E-state index in [0.717, 1.165) is 0 Å². The molecule has 0 saturated carbocycles. The molecule has 10 rings (SSSR count). The van der Waals surface area contributed by atoms with Crippen molar-refractivity contribution in [2.24, 2.45) is 0 Å². The summed E-state index contributed by atoms with van der Waals surface area (Å²) in [5.74, 6) is 0.338. The van der Waals surface area contributed by atoms with E-state index in [9.17, 15) is 2.74 Å². The van der Waals surface area contributed by atoms with Gasteiger partial charge in [-0.05, 0) is 79.8 Å². The molecule has 0 N–H and O–H groups in total.